The van der Waals surface area contributed by atoms with Crippen LogP contribution in [0, 0.1) is 13.8 Å². The normalized spacial score (nSPS) is 18.3. The predicted molar refractivity (Wildman–Crippen MR) is 114 cm³/mol. The quantitative estimate of drug-likeness (QED) is 0.565. The SMILES string of the molecule is Cc1cccc(C)c1OCC(C)[N+]1(Cc2ccccc2)CCCCCCC1. The van der Waals surface area contributed by atoms with Gasteiger partial charge in [0, 0.05) is 5.56 Å². The lowest BCUT2D eigenvalue weighted by Gasteiger charge is -2.45. The van der Waals surface area contributed by atoms with Gasteiger partial charge in [-0.2, -0.15) is 0 Å². The lowest BCUT2D eigenvalue weighted by atomic mass is 10.0. The van der Waals surface area contributed by atoms with Crippen LogP contribution in [0.2, 0.25) is 0 Å². The van der Waals surface area contributed by atoms with Gasteiger partial charge in [0.2, 0.25) is 0 Å². The van der Waals surface area contributed by atoms with Crippen LogP contribution in [0.5, 0.6) is 5.75 Å². The molecule has 0 amide bonds. The number of hydrogen-bond donors (Lipinski definition) is 0. The first-order valence-electron chi connectivity index (χ1n) is 10.7. The average Bonchev–Trinajstić information content (AvgIpc) is 2.64. The molecule has 0 radical (unpaired) electrons. The van der Waals surface area contributed by atoms with E-state index in [0.29, 0.717) is 6.04 Å². The maximum absolute atomic E-state index is 6.40. The van der Waals surface area contributed by atoms with Crippen molar-refractivity contribution >= 4 is 0 Å². The highest BCUT2D eigenvalue weighted by Crippen LogP contribution is 2.28. The Balaban J connectivity index is 1.78. The van der Waals surface area contributed by atoms with Gasteiger partial charge in [0.25, 0.3) is 0 Å². The molecule has 27 heavy (non-hydrogen) atoms. The number of aryl methyl sites for hydroxylation is 2. The zero-order valence-corrected chi connectivity index (χ0v) is 17.4. The summed E-state index contributed by atoms with van der Waals surface area (Å²) < 4.78 is 7.56. The molecule has 1 atom stereocenters. The molecule has 2 aromatic carbocycles. The first kappa shape index (κ1) is 19.9. The van der Waals surface area contributed by atoms with Crippen LogP contribution in [0.25, 0.3) is 0 Å². The third-order valence-corrected chi connectivity index (χ3v) is 6.36. The second-order valence-electron chi connectivity index (χ2n) is 8.46. The maximum Gasteiger partial charge on any atom is 0.140 e. The molecule has 2 heteroatoms. The summed E-state index contributed by atoms with van der Waals surface area (Å²) in [7, 11) is 0. The van der Waals surface area contributed by atoms with E-state index in [2.05, 4.69) is 69.3 Å². The van der Waals surface area contributed by atoms with Crippen LogP contribution >= 0.6 is 0 Å². The number of para-hydroxylation sites is 1. The summed E-state index contributed by atoms with van der Waals surface area (Å²) in [4.78, 5) is 0. The zero-order chi connectivity index (χ0) is 19.1. The molecule has 1 unspecified atom stereocenters. The minimum atomic E-state index is 0.488. The van der Waals surface area contributed by atoms with Gasteiger partial charge >= 0.3 is 0 Å². The molecule has 1 heterocycles. The molecule has 0 bridgehead atoms. The van der Waals surface area contributed by atoms with Crippen LogP contribution in [0.1, 0.15) is 55.7 Å². The Labute approximate surface area is 165 Å². The summed E-state index contributed by atoms with van der Waals surface area (Å²) in [6.07, 6.45) is 6.82. The van der Waals surface area contributed by atoms with Crippen molar-refractivity contribution in [1.82, 2.24) is 0 Å². The minimum Gasteiger partial charge on any atom is -0.487 e. The summed E-state index contributed by atoms with van der Waals surface area (Å²) in [5.41, 5.74) is 3.94. The van der Waals surface area contributed by atoms with Crippen molar-refractivity contribution in [3.8, 4) is 5.75 Å². The van der Waals surface area contributed by atoms with Crippen molar-refractivity contribution in [2.45, 2.75) is 65.5 Å². The van der Waals surface area contributed by atoms with Crippen LogP contribution in [0.4, 0.5) is 0 Å². The smallest absolute Gasteiger partial charge is 0.140 e. The molecule has 146 valence electrons. The number of likely N-dealkylation sites (tertiary alicyclic amines) is 1. The van der Waals surface area contributed by atoms with Crippen molar-refractivity contribution in [3.63, 3.8) is 0 Å². The fraction of sp³-hybridized carbons (Fsp3) is 0.520. The summed E-state index contributed by atoms with van der Waals surface area (Å²) in [6.45, 7) is 11.2. The largest absolute Gasteiger partial charge is 0.487 e. The standard InChI is InChI=1S/C25H36NO/c1-21-13-12-14-22(2)25(21)27-20-23(3)26(17-10-5-4-6-11-18-26)19-24-15-8-7-9-16-24/h7-9,12-16,23H,4-6,10-11,17-20H2,1-3H3/q+1. The number of ether oxygens (including phenoxy) is 1. The molecule has 0 N–H and O–H groups in total. The van der Waals surface area contributed by atoms with Crippen LogP contribution < -0.4 is 4.74 Å². The van der Waals surface area contributed by atoms with Crippen molar-refractivity contribution in [2.24, 2.45) is 0 Å². The number of hydrogen-bond acceptors (Lipinski definition) is 1. The fourth-order valence-corrected chi connectivity index (χ4v) is 4.59. The molecule has 2 aromatic rings. The Morgan fingerprint density at radius 3 is 2.04 bits per heavy atom. The van der Waals surface area contributed by atoms with Crippen molar-refractivity contribution < 1.29 is 9.22 Å². The van der Waals surface area contributed by atoms with E-state index < -0.39 is 0 Å². The van der Waals surface area contributed by atoms with E-state index in [1.807, 2.05) is 0 Å². The van der Waals surface area contributed by atoms with Gasteiger partial charge in [0.05, 0.1) is 13.1 Å². The minimum absolute atomic E-state index is 0.488. The fourth-order valence-electron chi connectivity index (χ4n) is 4.59. The van der Waals surface area contributed by atoms with Crippen LogP contribution in [-0.4, -0.2) is 30.2 Å². The zero-order valence-electron chi connectivity index (χ0n) is 17.4. The molecular formula is C25H36NO+. The maximum atomic E-state index is 6.40. The molecule has 1 aliphatic heterocycles. The van der Waals surface area contributed by atoms with Gasteiger partial charge in [-0.25, -0.2) is 0 Å². The molecule has 0 aliphatic carbocycles. The molecule has 2 nitrogen and oxygen atoms in total. The number of quaternary nitrogens is 1. The first-order valence-corrected chi connectivity index (χ1v) is 10.7. The van der Waals surface area contributed by atoms with Crippen molar-refractivity contribution in [3.05, 3.63) is 65.2 Å². The van der Waals surface area contributed by atoms with Gasteiger partial charge in [-0.15, -0.1) is 0 Å². The van der Waals surface area contributed by atoms with Gasteiger partial charge in [-0.05, 0) is 57.6 Å². The lowest BCUT2D eigenvalue weighted by molar-refractivity contribution is -0.962. The van der Waals surface area contributed by atoms with Crippen LogP contribution in [-0.2, 0) is 6.54 Å². The monoisotopic (exact) mass is 366 g/mol. The van der Waals surface area contributed by atoms with Gasteiger partial charge < -0.3 is 9.22 Å². The number of rotatable bonds is 6. The highest BCUT2D eigenvalue weighted by molar-refractivity contribution is 5.39. The van der Waals surface area contributed by atoms with E-state index >= 15 is 0 Å². The second-order valence-corrected chi connectivity index (χ2v) is 8.46. The molecule has 1 saturated heterocycles. The molecule has 1 fully saturated rings. The molecule has 0 saturated carbocycles. The van der Waals surface area contributed by atoms with E-state index in [9.17, 15) is 0 Å². The lowest BCUT2D eigenvalue weighted by Crippen LogP contribution is -2.57. The molecule has 1 aliphatic rings. The Morgan fingerprint density at radius 1 is 0.815 bits per heavy atom. The van der Waals surface area contributed by atoms with Crippen molar-refractivity contribution in [2.75, 3.05) is 19.7 Å². The highest BCUT2D eigenvalue weighted by atomic mass is 16.5. The van der Waals surface area contributed by atoms with Gasteiger partial charge in [0.15, 0.2) is 0 Å². The van der Waals surface area contributed by atoms with E-state index in [1.54, 1.807) is 0 Å². The summed E-state index contributed by atoms with van der Waals surface area (Å²) in [6, 6.07) is 18.0. The molecule has 0 aromatic heterocycles. The van der Waals surface area contributed by atoms with E-state index in [4.69, 9.17) is 4.74 Å². The number of nitrogens with zero attached hydrogens (tertiary/aromatic N) is 1. The Morgan fingerprint density at radius 2 is 1.41 bits per heavy atom. The average molecular weight is 367 g/mol. The second kappa shape index (κ2) is 9.41. The van der Waals surface area contributed by atoms with Gasteiger partial charge in [0.1, 0.15) is 24.9 Å². The first-order chi connectivity index (χ1) is 13.1. The Bertz CT molecular complexity index is 681. The van der Waals surface area contributed by atoms with E-state index in [1.165, 1.54) is 61.9 Å². The van der Waals surface area contributed by atoms with E-state index in [0.717, 1.165) is 23.4 Å². The number of benzene rings is 2. The predicted octanol–water partition coefficient (Wildman–Crippen LogP) is 6.05. The molecular weight excluding hydrogens is 330 g/mol. The van der Waals surface area contributed by atoms with Crippen LogP contribution in [0.3, 0.4) is 0 Å². The highest BCUT2D eigenvalue weighted by Gasteiger charge is 2.35. The van der Waals surface area contributed by atoms with Gasteiger partial charge in [-0.3, -0.25) is 0 Å². The summed E-state index contributed by atoms with van der Waals surface area (Å²) in [5.74, 6) is 1.08. The van der Waals surface area contributed by atoms with E-state index in [-0.39, 0.29) is 0 Å². The molecule has 0 spiro atoms. The summed E-state index contributed by atoms with van der Waals surface area (Å²) in [5, 5.41) is 0. The topological polar surface area (TPSA) is 9.23 Å². The third kappa shape index (κ3) is 5.13. The van der Waals surface area contributed by atoms with Crippen LogP contribution in [0.15, 0.2) is 48.5 Å². The van der Waals surface area contributed by atoms with Gasteiger partial charge in [-0.1, -0.05) is 55.0 Å². The Kier molecular flexibility index (Phi) is 6.95. The molecule has 3 rings (SSSR count). The van der Waals surface area contributed by atoms with Crippen molar-refractivity contribution in [1.29, 1.82) is 0 Å². The Hall–Kier alpha value is -1.80. The third-order valence-electron chi connectivity index (χ3n) is 6.36. The summed E-state index contributed by atoms with van der Waals surface area (Å²) >= 11 is 0.